The van der Waals surface area contributed by atoms with Crippen LogP contribution in [0.4, 0.5) is 0 Å². The fourth-order valence-corrected chi connectivity index (χ4v) is 1.35. The molecule has 2 atom stereocenters. The van der Waals surface area contributed by atoms with Crippen molar-refractivity contribution >= 4 is 12.3 Å². The molecule has 1 fully saturated rings. The summed E-state index contributed by atoms with van der Waals surface area (Å²) in [6.45, 7) is 1.98. The molecule has 1 aliphatic heterocycles. The molecule has 0 aromatic rings. The number of hydrogen-bond acceptors (Lipinski definition) is 3. The Bertz CT molecular complexity index is 62.0. The van der Waals surface area contributed by atoms with Crippen molar-refractivity contribution in [3.63, 3.8) is 0 Å². The second-order valence-electron chi connectivity index (χ2n) is 1.32. The van der Waals surface area contributed by atoms with E-state index in [9.17, 15) is 0 Å². The minimum absolute atomic E-state index is 0.225. The third kappa shape index (κ3) is 1.45. The molecule has 0 amide bonds. The highest BCUT2D eigenvalue weighted by Gasteiger charge is 2.14. The smallest absolute Gasteiger partial charge is 0.157 e. The van der Waals surface area contributed by atoms with Crippen LogP contribution in [0.5, 0.6) is 0 Å². The maximum atomic E-state index is 4.95. The van der Waals surface area contributed by atoms with E-state index < -0.39 is 0 Å². The van der Waals surface area contributed by atoms with Gasteiger partial charge in [0, 0.05) is 0 Å². The minimum Gasteiger partial charge on any atom is -0.759 e. The van der Waals surface area contributed by atoms with E-state index >= 15 is 0 Å². The molecule has 2 unspecified atom stereocenters. The summed E-state index contributed by atoms with van der Waals surface area (Å²) in [4.78, 5) is 0. The van der Waals surface area contributed by atoms with Crippen LogP contribution in [0.2, 0.25) is 0 Å². The van der Waals surface area contributed by atoms with Crippen molar-refractivity contribution in [1.82, 2.24) is 0 Å². The second-order valence-corrected chi connectivity index (χ2v) is 3.07. The van der Waals surface area contributed by atoms with Crippen LogP contribution < -0.4 is 22.6 Å². The van der Waals surface area contributed by atoms with Gasteiger partial charge in [0.1, 0.15) is 0 Å². The van der Waals surface area contributed by atoms with E-state index in [1.807, 2.05) is 6.92 Å². The van der Waals surface area contributed by atoms with E-state index in [-0.39, 0.29) is 10.2 Å². The summed E-state index contributed by atoms with van der Waals surface area (Å²) in [5.74, 6) is 0. The fraction of sp³-hybridized carbons (Fsp3) is 1.00. The van der Waals surface area contributed by atoms with E-state index in [4.69, 9.17) is 8.37 Å². The van der Waals surface area contributed by atoms with Crippen molar-refractivity contribution in [1.29, 1.82) is 0 Å². The summed E-state index contributed by atoms with van der Waals surface area (Å²) >= 11 is 3.27. The summed E-state index contributed by atoms with van der Waals surface area (Å²) in [7, 11) is 0. The summed E-state index contributed by atoms with van der Waals surface area (Å²) in [6, 6.07) is 0. The Morgan fingerprint density at radius 3 is 2.43 bits per heavy atom. The van der Waals surface area contributed by atoms with Crippen LogP contribution in [-0.4, -0.2) is 10.2 Å². The van der Waals surface area contributed by atoms with E-state index in [1.54, 1.807) is 0 Å². The number of hydrogen-bond donors (Lipinski definition) is 0. The first-order valence-corrected chi connectivity index (χ1v) is 3.85. The normalized spacial score (nSPS) is 42.0. The average Bonchev–Trinajstić information content (AvgIpc) is 1.91. The van der Waals surface area contributed by atoms with Gasteiger partial charge in [-0.15, -0.1) is 0 Å². The molecule has 0 aliphatic carbocycles. The quantitative estimate of drug-likeness (QED) is 0.270. The molecule has 4 heteroatoms. The summed E-state index contributed by atoms with van der Waals surface area (Å²) in [5.41, 5.74) is 0. The lowest BCUT2D eigenvalue weighted by atomic mass is 10.5. The molecule has 1 rings (SSSR count). The molecule has 1 heterocycles. The molecule has 0 N–H and O–H groups in total. The molecule has 0 bridgehead atoms. The van der Waals surface area contributed by atoms with E-state index in [0.717, 1.165) is 12.3 Å². The zero-order valence-corrected chi connectivity index (χ0v) is 6.73. The molecule has 1 aliphatic rings. The molecule has 0 aromatic heterocycles. The van der Waals surface area contributed by atoms with Gasteiger partial charge in [-0.25, -0.2) is 0 Å². The SMILES string of the molecule is CC1OSOC1[I-]. The molecule has 1 saturated heterocycles. The number of alkyl halides is 1. The fourth-order valence-electron chi connectivity index (χ4n) is 0.244. The second kappa shape index (κ2) is 2.52. The van der Waals surface area contributed by atoms with Crippen LogP contribution >= 0.6 is 12.3 Å². The zero-order valence-electron chi connectivity index (χ0n) is 3.76. The molecule has 0 spiro atoms. The Kier molecular flexibility index (Phi) is 2.21. The lowest BCUT2D eigenvalue weighted by Gasteiger charge is -2.13. The summed E-state index contributed by atoms with van der Waals surface area (Å²) in [5, 5.41) is 0. The van der Waals surface area contributed by atoms with Crippen molar-refractivity contribution in [2.45, 2.75) is 17.1 Å². The maximum absolute atomic E-state index is 4.95. The molecular formula is C3H5IO2S-. The predicted octanol–water partition coefficient (Wildman–Crippen LogP) is -2.14. The lowest BCUT2D eigenvalue weighted by Crippen LogP contribution is -3.40. The predicted molar refractivity (Wildman–Crippen MR) is 23.0 cm³/mol. The molecule has 7 heavy (non-hydrogen) atoms. The zero-order chi connectivity index (χ0) is 5.28. The topological polar surface area (TPSA) is 18.5 Å². The van der Waals surface area contributed by atoms with Crippen molar-refractivity contribution in [2.75, 3.05) is 0 Å². The maximum Gasteiger partial charge on any atom is 0.157 e. The van der Waals surface area contributed by atoms with Crippen LogP contribution in [0.3, 0.4) is 0 Å². The summed E-state index contributed by atoms with van der Waals surface area (Å²) in [6.07, 6.45) is 0.241. The highest BCUT2D eigenvalue weighted by molar-refractivity contribution is 7.90. The van der Waals surface area contributed by atoms with Crippen LogP contribution in [0.25, 0.3) is 0 Å². The van der Waals surface area contributed by atoms with Gasteiger partial charge in [-0.2, -0.15) is 0 Å². The van der Waals surface area contributed by atoms with Crippen molar-refractivity contribution in [2.24, 2.45) is 0 Å². The van der Waals surface area contributed by atoms with Gasteiger partial charge in [0.15, 0.2) is 12.3 Å². The first-order valence-electron chi connectivity index (χ1n) is 1.93. The molecule has 2 nitrogen and oxygen atoms in total. The van der Waals surface area contributed by atoms with Gasteiger partial charge in [-0.3, -0.25) is 4.18 Å². The number of rotatable bonds is 0. The molecule has 0 aromatic carbocycles. The van der Waals surface area contributed by atoms with E-state index in [2.05, 4.69) is 22.6 Å². The van der Waals surface area contributed by atoms with Gasteiger partial charge in [0.05, 0.1) is 6.10 Å². The third-order valence-electron chi connectivity index (χ3n) is 0.691. The van der Waals surface area contributed by atoms with Gasteiger partial charge in [0.25, 0.3) is 0 Å². The van der Waals surface area contributed by atoms with Gasteiger partial charge < -0.3 is 26.8 Å². The van der Waals surface area contributed by atoms with Crippen LogP contribution in [0, 0.1) is 0 Å². The first kappa shape index (κ1) is 6.12. The standard InChI is InChI=1S/C3H5IO2S/c1-2-3(4)6-7-5-2/h2-3H,1H3/q-1. The lowest BCUT2D eigenvalue weighted by molar-refractivity contribution is -0.476. The molecule has 1 radical (unpaired) electrons. The average molecular weight is 232 g/mol. The van der Waals surface area contributed by atoms with Gasteiger partial charge in [0.2, 0.25) is 0 Å². The number of halogens is 1. The third-order valence-corrected chi connectivity index (χ3v) is 2.97. The van der Waals surface area contributed by atoms with Crippen LogP contribution in [-0.2, 0) is 8.37 Å². The van der Waals surface area contributed by atoms with Gasteiger partial charge >= 0.3 is 0 Å². The Hall–Kier alpha value is 1.00. The Labute approximate surface area is 60.5 Å². The van der Waals surface area contributed by atoms with Gasteiger partial charge in [-0.1, -0.05) is 0 Å². The van der Waals surface area contributed by atoms with Crippen molar-refractivity contribution < 1.29 is 31.0 Å². The van der Waals surface area contributed by atoms with E-state index in [0.29, 0.717) is 0 Å². The molecule has 43 valence electrons. The van der Waals surface area contributed by atoms with E-state index in [1.165, 1.54) is 0 Å². The Morgan fingerprint density at radius 1 is 1.57 bits per heavy atom. The Balaban J connectivity index is 2.33. The van der Waals surface area contributed by atoms with Gasteiger partial charge in [-0.05, 0) is 11.0 Å². The van der Waals surface area contributed by atoms with Crippen molar-refractivity contribution in [3.8, 4) is 0 Å². The summed E-state index contributed by atoms with van der Waals surface area (Å²) < 4.78 is 10.1. The molecule has 0 saturated carbocycles. The van der Waals surface area contributed by atoms with Crippen LogP contribution in [0.15, 0.2) is 0 Å². The highest BCUT2D eigenvalue weighted by atomic mass is 127. The molecular weight excluding hydrogens is 227 g/mol. The largest absolute Gasteiger partial charge is 0.759 e. The highest BCUT2D eigenvalue weighted by Crippen LogP contribution is 2.19. The van der Waals surface area contributed by atoms with Crippen LogP contribution in [0.1, 0.15) is 6.92 Å². The Morgan fingerprint density at radius 2 is 2.29 bits per heavy atom. The monoisotopic (exact) mass is 232 g/mol. The first-order chi connectivity index (χ1) is 3.30. The minimum atomic E-state index is 0.225. The van der Waals surface area contributed by atoms with Crippen molar-refractivity contribution in [3.05, 3.63) is 0 Å².